The summed E-state index contributed by atoms with van der Waals surface area (Å²) in [6.07, 6.45) is 0. The Balaban J connectivity index is 2.35. The highest BCUT2D eigenvalue weighted by Gasteiger charge is 2.38. The lowest BCUT2D eigenvalue weighted by Crippen LogP contribution is -2.26. The summed E-state index contributed by atoms with van der Waals surface area (Å²) in [6, 6.07) is 5.33. The van der Waals surface area contributed by atoms with Gasteiger partial charge < -0.3 is 10.6 Å². The summed E-state index contributed by atoms with van der Waals surface area (Å²) in [5.74, 6) is -0.382. The molecule has 17 heavy (non-hydrogen) atoms. The molecule has 0 saturated carbocycles. The largest absolute Gasteiger partial charge is 0.325 e. The van der Waals surface area contributed by atoms with Crippen molar-refractivity contribution in [3.8, 4) is 0 Å². The van der Waals surface area contributed by atoms with Crippen molar-refractivity contribution in [1.29, 1.82) is 0 Å². The van der Waals surface area contributed by atoms with E-state index in [1.54, 1.807) is 18.2 Å². The Labute approximate surface area is 104 Å². The zero-order valence-electron chi connectivity index (χ0n) is 9.63. The van der Waals surface area contributed by atoms with Crippen molar-refractivity contribution in [2.75, 3.05) is 16.5 Å². The monoisotopic (exact) mass is 252 g/mol. The number of nitrogens with one attached hydrogen (secondary N) is 2. The maximum Gasteiger partial charge on any atom is 0.239 e. The van der Waals surface area contributed by atoms with Crippen molar-refractivity contribution in [3.63, 3.8) is 0 Å². The molecule has 2 N–H and O–H groups in total. The van der Waals surface area contributed by atoms with E-state index >= 15 is 0 Å². The Morgan fingerprint density at radius 1 is 1.47 bits per heavy atom. The predicted molar refractivity (Wildman–Crippen MR) is 67.4 cm³/mol. The first kappa shape index (κ1) is 11.9. The van der Waals surface area contributed by atoms with Crippen LogP contribution >= 0.6 is 11.6 Å². The summed E-state index contributed by atoms with van der Waals surface area (Å²) >= 11 is 5.42. The summed E-state index contributed by atoms with van der Waals surface area (Å²) in [6.45, 7) is 3.70. The first-order chi connectivity index (χ1) is 7.95. The van der Waals surface area contributed by atoms with Crippen molar-refractivity contribution in [1.82, 2.24) is 0 Å². The number of hydrogen-bond donors (Lipinski definition) is 2. The van der Waals surface area contributed by atoms with Crippen molar-refractivity contribution in [3.05, 3.63) is 23.8 Å². The second-order valence-corrected chi connectivity index (χ2v) is 4.79. The number of anilines is 2. The number of carbonyl (C=O) groups is 2. The summed E-state index contributed by atoms with van der Waals surface area (Å²) in [5.41, 5.74) is 1.76. The van der Waals surface area contributed by atoms with Gasteiger partial charge in [0.15, 0.2) is 0 Å². The van der Waals surface area contributed by atoms with Crippen LogP contribution in [-0.2, 0) is 15.0 Å². The van der Waals surface area contributed by atoms with E-state index in [-0.39, 0.29) is 17.7 Å². The van der Waals surface area contributed by atoms with Gasteiger partial charge in [0.2, 0.25) is 11.8 Å². The van der Waals surface area contributed by atoms with Gasteiger partial charge in [-0.25, -0.2) is 0 Å². The van der Waals surface area contributed by atoms with Crippen LogP contribution in [0.15, 0.2) is 18.2 Å². The van der Waals surface area contributed by atoms with Gasteiger partial charge in [0.1, 0.15) is 5.88 Å². The fraction of sp³-hybridized carbons (Fsp3) is 0.333. The molecule has 5 heteroatoms. The molecular formula is C12H13ClN2O2. The molecule has 2 rings (SSSR count). The number of rotatable bonds is 2. The van der Waals surface area contributed by atoms with Gasteiger partial charge in [0.05, 0.1) is 5.41 Å². The standard InChI is InChI=1S/C12H13ClN2O2/c1-12(2)8-5-7(14-10(16)6-13)3-4-9(8)15-11(12)17/h3-5H,6H2,1-2H3,(H,14,16)(H,15,17). The minimum atomic E-state index is -0.572. The Kier molecular flexibility index (Phi) is 2.83. The molecule has 90 valence electrons. The second kappa shape index (κ2) is 4.04. The van der Waals surface area contributed by atoms with Gasteiger partial charge in [-0.15, -0.1) is 11.6 Å². The van der Waals surface area contributed by atoms with Crippen LogP contribution in [0, 0.1) is 0 Å². The third kappa shape index (κ3) is 2.00. The highest BCUT2D eigenvalue weighted by molar-refractivity contribution is 6.29. The number of halogens is 1. The molecule has 0 saturated heterocycles. The lowest BCUT2D eigenvalue weighted by atomic mass is 9.86. The number of fused-ring (bicyclic) bond motifs is 1. The minimum absolute atomic E-state index is 0.0340. The maximum absolute atomic E-state index is 11.7. The average Bonchev–Trinajstić information content (AvgIpc) is 2.51. The van der Waals surface area contributed by atoms with E-state index < -0.39 is 5.41 Å². The van der Waals surface area contributed by atoms with Crippen LogP contribution < -0.4 is 10.6 Å². The van der Waals surface area contributed by atoms with E-state index in [1.807, 2.05) is 13.8 Å². The highest BCUT2D eigenvalue weighted by Crippen LogP contribution is 2.38. The van der Waals surface area contributed by atoms with Crippen molar-refractivity contribution < 1.29 is 9.59 Å². The van der Waals surface area contributed by atoms with Crippen molar-refractivity contribution in [2.24, 2.45) is 0 Å². The molecule has 1 aromatic carbocycles. The average molecular weight is 253 g/mol. The van der Waals surface area contributed by atoms with Crippen LogP contribution in [0.3, 0.4) is 0 Å². The topological polar surface area (TPSA) is 58.2 Å². The number of benzene rings is 1. The minimum Gasteiger partial charge on any atom is -0.325 e. The third-order valence-corrected chi connectivity index (χ3v) is 3.16. The Bertz CT molecular complexity index is 497. The van der Waals surface area contributed by atoms with Gasteiger partial charge >= 0.3 is 0 Å². The van der Waals surface area contributed by atoms with Gasteiger partial charge in [0, 0.05) is 11.4 Å². The number of hydrogen-bond acceptors (Lipinski definition) is 2. The molecular weight excluding hydrogens is 240 g/mol. The first-order valence-corrected chi connectivity index (χ1v) is 5.80. The quantitative estimate of drug-likeness (QED) is 0.792. The Morgan fingerprint density at radius 3 is 2.82 bits per heavy atom. The molecule has 0 fully saturated rings. The molecule has 1 aromatic rings. The van der Waals surface area contributed by atoms with E-state index in [4.69, 9.17) is 11.6 Å². The molecule has 0 bridgehead atoms. The van der Waals surface area contributed by atoms with Crippen LogP contribution in [0.5, 0.6) is 0 Å². The Hall–Kier alpha value is -1.55. The lowest BCUT2D eigenvalue weighted by Gasteiger charge is -2.15. The van der Waals surface area contributed by atoms with Crippen LogP contribution in [0.2, 0.25) is 0 Å². The zero-order valence-corrected chi connectivity index (χ0v) is 10.4. The summed E-state index contributed by atoms with van der Waals surface area (Å²) < 4.78 is 0. The molecule has 1 aliphatic rings. The van der Waals surface area contributed by atoms with Crippen LogP contribution in [-0.4, -0.2) is 17.7 Å². The maximum atomic E-state index is 11.7. The number of amides is 2. The fourth-order valence-electron chi connectivity index (χ4n) is 1.84. The molecule has 0 atom stereocenters. The van der Waals surface area contributed by atoms with Gasteiger partial charge in [-0.05, 0) is 37.6 Å². The molecule has 1 heterocycles. The van der Waals surface area contributed by atoms with E-state index in [2.05, 4.69) is 10.6 Å². The van der Waals surface area contributed by atoms with Crippen LogP contribution in [0.4, 0.5) is 11.4 Å². The molecule has 0 spiro atoms. The van der Waals surface area contributed by atoms with Crippen LogP contribution in [0.25, 0.3) is 0 Å². The third-order valence-electron chi connectivity index (χ3n) is 2.91. The molecule has 1 aliphatic heterocycles. The molecule has 0 aromatic heterocycles. The molecule has 0 radical (unpaired) electrons. The second-order valence-electron chi connectivity index (χ2n) is 4.52. The van der Waals surface area contributed by atoms with Gasteiger partial charge in [0.25, 0.3) is 0 Å². The first-order valence-electron chi connectivity index (χ1n) is 5.27. The van der Waals surface area contributed by atoms with E-state index in [0.717, 1.165) is 11.3 Å². The van der Waals surface area contributed by atoms with E-state index in [9.17, 15) is 9.59 Å². The predicted octanol–water partition coefficient (Wildman–Crippen LogP) is 2.09. The SMILES string of the molecule is CC1(C)C(=O)Nc2ccc(NC(=O)CCl)cc21. The van der Waals surface area contributed by atoms with Crippen molar-refractivity contribution >= 4 is 34.8 Å². The van der Waals surface area contributed by atoms with E-state index in [1.165, 1.54) is 0 Å². The molecule has 2 amide bonds. The lowest BCUT2D eigenvalue weighted by molar-refractivity contribution is -0.119. The fourth-order valence-corrected chi connectivity index (χ4v) is 1.91. The van der Waals surface area contributed by atoms with E-state index in [0.29, 0.717) is 5.69 Å². The van der Waals surface area contributed by atoms with Gasteiger partial charge in [-0.1, -0.05) is 0 Å². The Morgan fingerprint density at radius 2 is 2.18 bits per heavy atom. The van der Waals surface area contributed by atoms with Gasteiger partial charge in [-0.3, -0.25) is 9.59 Å². The summed E-state index contributed by atoms with van der Waals surface area (Å²) in [4.78, 5) is 22.9. The summed E-state index contributed by atoms with van der Waals surface area (Å²) in [5, 5.41) is 5.47. The highest BCUT2D eigenvalue weighted by atomic mass is 35.5. The van der Waals surface area contributed by atoms with Crippen LogP contribution in [0.1, 0.15) is 19.4 Å². The van der Waals surface area contributed by atoms with Gasteiger partial charge in [-0.2, -0.15) is 0 Å². The summed E-state index contributed by atoms with van der Waals surface area (Å²) in [7, 11) is 0. The number of alkyl halides is 1. The molecule has 0 aliphatic carbocycles. The molecule has 4 nitrogen and oxygen atoms in total. The smallest absolute Gasteiger partial charge is 0.239 e. The number of carbonyl (C=O) groups excluding carboxylic acids is 2. The zero-order chi connectivity index (χ0) is 12.6. The van der Waals surface area contributed by atoms with Crippen molar-refractivity contribution in [2.45, 2.75) is 19.3 Å². The molecule has 0 unspecified atom stereocenters. The normalized spacial score (nSPS) is 16.3.